The average molecular weight is 387 g/mol. The van der Waals surface area contributed by atoms with Gasteiger partial charge < -0.3 is 5.32 Å². The van der Waals surface area contributed by atoms with E-state index in [1.165, 1.54) is 5.56 Å². The van der Waals surface area contributed by atoms with Crippen molar-refractivity contribution < 1.29 is 0 Å². The molecule has 0 fully saturated rings. The molecule has 0 bridgehead atoms. The van der Waals surface area contributed by atoms with Gasteiger partial charge >= 0.3 is 0 Å². The average Bonchev–Trinajstić information content (AvgIpc) is 2.45. The highest BCUT2D eigenvalue weighted by molar-refractivity contribution is 9.10. The van der Waals surface area contributed by atoms with Gasteiger partial charge in [-0.05, 0) is 60.8 Å². The van der Waals surface area contributed by atoms with E-state index < -0.39 is 0 Å². The fourth-order valence-electron chi connectivity index (χ4n) is 2.38. The quantitative estimate of drug-likeness (QED) is 0.689. The molecule has 0 amide bonds. The molecular formula is C17H18BrCl2N. The van der Waals surface area contributed by atoms with Crippen LogP contribution in [0, 0.1) is 0 Å². The number of nitrogens with one attached hydrogen (secondary N) is 1. The Labute approximate surface area is 144 Å². The zero-order valence-electron chi connectivity index (χ0n) is 11.9. The Hall–Kier alpha value is -0.540. The van der Waals surface area contributed by atoms with E-state index in [0.29, 0.717) is 6.04 Å². The molecule has 112 valence electrons. The summed E-state index contributed by atoms with van der Waals surface area (Å²) in [5.74, 6) is 0. The molecule has 1 N–H and O–H groups in total. The van der Waals surface area contributed by atoms with Crippen molar-refractivity contribution in [2.45, 2.75) is 25.8 Å². The number of hydrogen-bond acceptors (Lipinski definition) is 1. The predicted molar refractivity (Wildman–Crippen MR) is 95.5 cm³/mol. The summed E-state index contributed by atoms with van der Waals surface area (Å²) in [6.07, 6.45) is 1.83. The molecule has 0 radical (unpaired) electrons. The second-order valence-electron chi connectivity index (χ2n) is 5.03. The van der Waals surface area contributed by atoms with Crippen LogP contribution in [-0.4, -0.2) is 12.6 Å². The van der Waals surface area contributed by atoms with Gasteiger partial charge in [0, 0.05) is 20.6 Å². The first-order chi connectivity index (χ1) is 10.1. The Morgan fingerprint density at radius 3 is 2.43 bits per heavy atom. The van der Waals surface area contributed by atoms with Crippen molar-refractivity contribution in [3.8, 4) is 0 Å². The highest BCUT2D eigenvalue weighted by Gasteiger charge is 2.12. The van der Waals surface area contributed by atoms with E-state index in [2.05, 4.69) is 52.4 Å². The maximum Gasteiger partial charge on any atom is 0.0439 e. The molecule has 0 saturated heterocycles. The monoisotopic (exact) mass is 385 g/mol. The predicted octanol–water partition coefficient (Wildman–Crippen LogP) is 5.52. The van der Waals surface area contributed by atoms with Crippen LogP contribution in [0.1, 0.15) is 18.1 Å². The lowest BCUT2D eigenvalue weighted by atomic mass is 9.99. The van der Waals surface area contributed by atoms with Gasteiger partial charge in [0.05, 0.1) is 0 Å². The van der Waals surface area contributed by atoms with E-state index >= 15 is 0 Å². The van der Waals surface area contributed by atoms with E-state index in [4.69, 9.17) is 23.2 Å². The van der Waals surface area contributed by atoms with Gasteiger partial charge in [0.1, 0.15) is 0 Å². The minimum atomic E-state index is 0.340. The molecule has 0 saturated carbocycles. The molecule has 0 aliphatic carbocycles. The number of hydrogen-bond donors (Lipinski definition) is 1. The van der Waals surface area contributed by atoms with Gasteiger partial charge in [0.15, 0.2) is 0 Å². The SMILES string of the molecule is CCNC(Cc1ccc(Br)cc1)Cc1cc(Cl)ccc1Cl. The molecule has 1 nitrogen and oxygen atoms in total. The van der Waals surface area contributed by atoms with E-state index in [-0.39, 0.29) is 0 Å². The van der Waals surface area contributed by atoms with Crippen LogP contribution < -0.4 is 5.32 Å². The summed E-state index contributed by atoms with van der Waals surface area (Å²) in [7, 11) is 0. The van der Waals surface area contributed by atoms with Crippen molar-refractivity contribution in [2.75, 3.05) is 6.54 Å². The Bertz CT molecular complexity index is 584. The third-order valence-corrected chi connectivity index (χ3v) is 4.49. The van der Waals surface area contributed by atoms with Gasteiger partial charge in [-0.25, -0.2) is 0 Å². The van der Waals surface area contributed by atoms with Crippen molar-refractivity contribution in [1.82, 2.24) is 5.32 Å². The molecule has 2 aromatic rings. The van der Waals surface area contributed by atoms with E-state index in [1.54, 1.807) is 0 Å². The first-order valence-electron chi connectivity index (χ1n) is 7.00. The zero-order chi connectivity index (χ0) is 15.2. The van der Waals surface area contributed by atoms with E-state index in [1.807, 2.05) is 18.2 Å². The van der Waals surface area contributed by atoms with Crippen LogP contribution in [0.25, 0.3) is 0 Å². The maximum absolute atomic E-state index is 6.27. The third-order valence-electron chi connectivity index (χ3n) is 3.36. The number of likely N-dealkylation sites (N-methyl/N-ethyl adjacent to an activating group) is 1. The smallest absolute Gasteiger partial charge is 0.0439 e. The summed E-state index contributed by atoms with van der Waals surface area (Å²) in [5.41, 5.74) is 2.40. The van der Waals surface area contributed by atoms with Gasteiger partial charge in [-0.15, -0.1) is 0 Å². The number of halogens is 3. The minimum Gasteiger partial charge on any atom is -0.314 e. The standard InChI is InChI=1S/C17H18BrCl2N/c1-2-21-16(9-12-3-5-14(18)6-4-12)11-13-10-15(19)7-8-17(13)20/h3-8,10,16,21H,2,9,11H2,1H3. The Kier molecular flexibility index (Phi) is 6.56. The van der Waals surface area contributed by atoms with Crippen LogP contribution in [0.15, 0.2) is 46.9 Å². The van der Waals surface area contributed by atoms with Crippen LogP contribution in [0.3, 0.4) is 0 Å². The number of benzene rings is 2. The minimum absolute atomic E-state index is 0.340. The molecule has 0 heterocycles. The summed E-state index contributed by atoms with van der Waals surface area (Å²) in [6.45, 7) is 3.05. The molecule has 2 aromatic carbocycles. The Balaban J connectivity index is 2.11. The number of rotatable bonds is 6. The molecule has 2 rings (SSSR count). The van der Waals surface area contributed by atoms with Crippen LogP contribution in [0.5, 0.6) is 0 Å². The molecule has 1 unspecified atom stereocenters. The Morgan fingerprint density at radius 2 is 1.76 bits per heavy atom. The molecule has 4 heteroatoms. The lowest BCUT2D eigenvalue weighted by molar-refractivity contribution is 0.521. The highest BCUT2D eigenvalue weighted by Crippen LogP contribution is 2.23. The summed E-state index contributed by atoms with van der Waals surface area (Å²) in [6, 6.07) is 14.4. The van der Waals surface area contributed by atoms with Crippen molar-refractivity contribution >= 4 is 39.1 Å². The van der Waals surface area contributed by atoms with Crippen molar-refractivity contribution in [3.63, 3.8) is 0 Å². The van der Waals surface area contributed by atoms with Crippen LogP contribution in [0.2, 0.25) is 10.0 Å². The van der Waals surface area contributed by atoms with Gasteiger partial charge in [0.25, 0.3) is 0 Å². The molecule has 21 heavy (non-hydrogen) atoms. The molecule has 0 aromatic heterocycles. The molecule has 0 spiro atoms. The lowest BCUT2D eigenvalue weighted by Crippen LogP contribution is -2.33. The largest absolute Gasteiger partial charge is 0.314 e. The van der Waals surface area contributed by atoms with E-state index in [0.717, 1.165) is 39.5 Å². The topological polar surface area (TPSA) is 12.0 Å². The second kappa shape index (κ2) is 8.19. The summed E-state index contributed by atoms with van der Waals surface area (Å²) >= 11 is 15.8. The maximum atomic E-state index is 6.27. The van der Waals surface area contributed by atoms with Crippen LogP contribution in [0.4, 0.5) is 0 Å². The van der Waals surface area contributed by atoms with E-state index in [9.17, 15) is 0 Å². The zero-order valence-corrected chi connectivity index (χ0v) is 15.0. The fraction of sp³-hybridized carbons (Fsp3) is 0.294. The highest BCUT2D eigenvalue weighted by atomic mass is 79.9. The van der Waals surface area contributed by atoms with Gasteiger partial charge in [-0.3, -0.25) is 0 Å². The van der Waals surface area contributed by atoms with Crippen LogP contribution in [-0.2, 0) is 12.8 Å². The summed E-state index contributed by atoms with van der Waals surface area (Å²) < 4.78 is 1.10. The van der Waals surface area contributed by atoms with Gasteiger partial charge in [-0.2, -0.15) is 0 Å². The molecule has 0 aliphatic rings. The van der Waals surface area contributed by atoms with Crippen molar-refractivity contribution in [1.29, 1.82) is 0 Å². The molecular weight excluding hydrogens is 369 g/mol. The van der Waals surface area contributed by atoms with Crippen molar-refractivity contribution in [3.05, 3.63) is 68.1 Å². The first-order valence-corrected chi connectivity index (χ1v) is 8.55. The summed E-state index contributed by atoms with van der Waals surface area (Å²) in [5, 5.41) is 5.03. The summed E-state index contributed by atoms with van der Waals surface area (Å²) in [4.78, 5) is 0. The van der Waals surface area contributed by atoms with Gasteiger partial charge in [-0.1, -0.05) is 58.2 Å². The third kappa shape index (κ3) is 5.30. The lowest BCUT2D eigenvalue weighted by Gasteiger charge is -2.19. The van der Waals surface area contributed by atoms with Gasteiger partial charge in [0.2, 0.25) is 0 Å². The Morgan fingerprint density at radius 1 is 1.05 bits per heavy atom. The molecule has 0 aliphatic heterocycles. The first kappa shape index (κ1) is 16.8. The normalized spacial score (nSPS) is 12.4. The van der Waals surface area contributed by atoms with Crippen molar-refractivity contribution in [2.24, 2.45) is 0 Å². The second-order valence-corrected chi connectivity index (χ2v) is 6.78. The fourth-order valence-corrected chi connectivity index (χ4v) is 3.03. The molecule has 1 atom stereocenters. The van der Waals surface area contributed by atoms with Crippen LogP contribution >= 0.6 is 39.1 Å².